The summed E-state index contributed by atoms with van der Waals surface area (Å²) in [6.45, 7) is 7.86. The third-order valence-electron chi connectivity index (χ3n) is 6.82. The lowest BCUT2D eigenvalue weighted by atomic mass is 9.92. The highest BCUT2D eigenvalue weighted by Crippen LogP contribution is 2.41. The number of hydrogen-bond acceptors (Lipinski definition) is 8. The molecule has 5 rings (SSSR count). The van der Waals surface area contributed by atoms with Crippen molar-refractivity contribution in [3.05, 3.63) is 47.4 Å². The van der Waals surface area contributed by atoms with E-state index >= 15 is 0 Å². The Morgan fingerprint density at radius 3 is 2.41 bits per heavy atom. The highest BCUT2D eigenvalue weighted by molar-refractivity contribution is 7.93. The van der Waals surface area contributed by atoms with Crippen LogP contribution in [0.15, 0.2) is 30.6 Å². The second-order valence-corrected chi connectivity index (χ2v) is 12.7. The van der Waals surface area contributed by atoms with E-state index in [4.69, 9.17) is 10.5 Å². The quantitative estimate of drug-likeness (QED) is 0.518. The highest BCUT2D eigenvalue weighted by Gasteiger charge is 2.47. The van der Waals surface area contributed by atoms with Crippen molar-refractivity contribution in [2.45, 2.75) is 75.5 Å². The Bertz CT molecular complexity index is 1360. The topological polar surface area (TPSA) is 120 Å². The minimum absolute atomic E-state index is 0.134. The van der Waals surface area contributed by atoms with Crippen molar-refractivity contribution in [1.29, 1.82) is 0 Å². The molecule has 9 heteroatoms. The van der Waals surface area contributed by atoms with Crippen LogP contribution >= 0.6 is 0 Å². The second-order valence-electron chi connectivity index (χ2n) is 10.2. The first kappa shape index (κ1) is 23.0. The van der Waals surface area contributed by atoms with Gasteiger partial charge in [-0.3, -0.25) is 0 Å². The monoisotopic (exact) mass is 481 g/mol. The second kappa shape index (κ2) is 8.16. The van der Waals surface area contributed by atoms with Gasteiger partial charge in [0.05, 0.1) is 15.9 Å². The fourth-order valence-corrected chi connectivity index (χ4v) is 6.63. The summed E-state index contributed by atoms with van der Waals surface area (Å²) in [5.41, 5.74) is 8.78. The highest BCUT2D eigenvalue weighted by atomic mass is 32.2. The van der Waals surface area contributed by atoms with Crippen LogP contribution in [-0.4, -0.2) is 40.0 Å². The maximum absolute atomic E-state index is 12.5. The zero-order chi connectivity index (χ0) is 24.3. The molecule has 3 N–H and O–H groups in total. The van der Waals surface area contributed by atoms with E-state index in [1.54, 1.807) is 12.4 Å². The van der Waals surface area contributed by atoms with Crippen LogP contribution in [-0.2, 0) is 15.4 Å². The number of aromatic nitrogens is 3. The molecule has 180 valence electrons. The lowest BCUT2D eigenvalue weighted by Gasteiger charge is -2.35. The first-order valence-electron chi connectivity index (χ1n) is 11.7. The van der Waals surface area contributed by atoms with Crippen LogP contribution in [0.1, 0.15) is 56.4 Å². The van der Waals surface area contributed by atoms with Gasteiger partial charge in [-0.25, -0.2) is 23.4 Å². The number of ether oxygens (including phenoxy) is 1. The normalized spacial score (nSPS) is 20.7. The number of aryl methyl sites for hydroxylation is 2. The van der Waals surface area contributed by atoms with Gasteiger partial charge in [-0.1, -0.05) is 6.07 Å². The molecule has 8 nitrogen and oxygen atoms in total. The van der Waals surface area contributed by atoms with Crippen molar-refractivity contribution in [1.82, 2.24) is 15.0 Å². The summed E-state index contributed by atoms with van der Waals surface area (Å²) in [5, 5.41) is 4.49. The Kier molecular flexibility index (Phi) is 5.52. The molecule has 0 saturated heterocycles. The van der Waals surface area contributed by atoms with Crippen LogP contribution in [0.2, 0.25) is 0 Å². The minimum atomic E-state index is -3.01. The molecule has 0 amide bonds. The Hall–Kier alpha value is -2.78. The summed E-state index contributed by atoms with van der Waals surface area (Å²) >= 11 is 0. The van der Waals surface area contributed by atoms with Gasteiger partial charge in [0.15, 0.2) is 9.84 Å². The average Bonchev–Trinajstić information content (AvgIpc) is 3.58. The predicted molar refractivity (Wildman–Crippen MR) is 133 cm³/mol. The summed E-state index contributed by atoms with van der Waals surface area (Å²) in [6.07, 6.45) is 5.93. The standard InChI is InChI=1S/C25H31N5O3S/c1-14-5-8-22(29-15(14)2)30-23-11-19-20(12-27-23)24(28-13-21(19)25(3,4)26)33-16-9-18(10-16)34(31,32)17-6-7-17/h5,8,11-13,16-18H,6-7,9-10,26H2,1-4H3,(H,27,29,30). The number of nitrogens with two attached hydrogens (primary N) is 1. The van der Waals surface area contributed by atoms with E-state index in [9.17, 15) is 8.42 Å². The molecular weight excluding hydrogens is 450 g/mol. The molecule has 2 fully saturated rings. The Labute approximate surface area is 200 Å². The molecule has 3 aromatic heterocycles. The van der Waals surface area contributed by atoms with Gasteiger partial charge in [-0.15, -0.1) is 0 Å². The zero-order valence-electron chi connectivity index (χ0n) is 20.0. The van der Waals surface area contributed by atoms with Crippen LogP contribution in [0.5, 0.6) is 5.88 Å². The number of nitrogens with one attached hydrogen (secondary N) is 1. The van der Waals surface area contributed by atoms with E-state index in [0.29, 0.717) is 30.4 Å². The van der Waals surface area contributed by atoms with E-state index in [0.717, 1.165) is 40.4 Å². The Balaban J connectivity index is 1.42. The molecule has 3 heterocycles. The Morgan fingerprint density at radius 2 is 1.76 bits per heavy atom. The minimum Gasteiger partial charge on any atom is -0.474 e. The molecule has 0 aromatic carbocycles. The number of rotatable bonds is 7. The molecule has 2 aliphatic carbocycles. The van der Waals surface area contributed by atoms with E-state index in [1.807, 2.05) is 45.9 Å². The molecule has 0 unspecified atom stereocenters. The fourth-order valence-electron chi connectivity index (χ4n) is 4.33. The van der Waals surface area contributed by atoms with Gasteiger partial charge in [0.2, 0.25) is 5.88 Å². The summed E-state index contributed by atoms with van der Waals surface area (Å²) in [6, 6.07) is 5.88. The summed E-state index contributed by atoms with van der Waals surface area (Å²) < 4.78 is 31.1. The maximum Gasteiger partial charge on any atom is 0.223 e. The lowest BCUT2D eigenvalue weighted by Crippen LogP contribution is -2.44. The molecule has 3 aromatic rings. The van der Waals surface area contributed by atoms with Crippen molar-refractivity contribution < 1.29 is 13.2 Å². The van der Waals surface area contributed by atoms with Gasteiger partial charge >= 0.3 is 0 Å². The molecule has 0 bridgehead atoms. The molecule has 2 saturated carbocycles. The van der Waals surface area contributed by atoms with Gasteiger partial charge in [-0.05, 0) is 69.2 Å². The molecule has 0 atom stereocenters. The first-order valence-corrected chi connectivity index (χ1v) is 13.3. The molecule has 0 aliphatic heterocycles. The van der Waals surface area contributed by atoms with Gasteiger partial charge in [-0.2, -0.15) is 0 Å². The summed E-state index contributed by atoms with van der Waals surface area (Å²) in [5.74, 6) is 1.81. The number of nitrogens with zero attached hydrogens (tertiary/aromatic N) is 3. The van der Waals surface area contributed by atoms with E-state index < -0.39 is 15.4 Å². The molecule has 2 aliphatic rings. The Morgan fingerprint density at radius 1 is 1.03 bits per heavy atom. The van der Waals surface area contributed by atoms with E-state index in [-0.39, 0.29) is 16.6 Å². The number of anilines is 2. The molecular formula is C25H31N5O3S. The largest absolute Gasteiger partial charge is 0.474 e. The summed E-state index contributed by atoms with van der Waals surface area (Å²) in [4.78, 5) is 13.7. The van der Waals surface area contributed by atoms with Crippen LogP contribution in [0, 0.1) is 13.8 Å². The van der Waals surface area contributed by atoms with Crippen LogP contribution in [0.3, 0.4) is 0 Å². The first-order chi connectivity index (χ1) is 16.0. The van der Waals surface area contributed by atoms with Crippen molar-refractivity contribution >= 4 is 32.2 Å². The molecule has 0 spiro atoms. The van der Waals surface area contributed by atoms with Gasteiger partial charge < -0.3 is 15.8 Å². The van der Waals surface area contributed by atoms with Crippen molar-refractivity contribution in [2.75, 3.05) is 5.32 Å². The van der Waals surface area contributed by atoms with E-state index in [1.165, 1.54) is 0 Å². The summed E-state index contributed by atoms with van der Waals surface area (Å²) in [7, 11) is -3.01. The maximum atomic E-state index is 12.5. The lowest BCUT2D eigenvalue weighted by molar-refractivity contribution is 0.119. The molecule has 0 radical (unpaired) electrons. The number of pyridine rings is 3. The van der Waals surface area contributed by atoms with E-state index in [2.05, 4.69) is 20.3 Å². The van der Waals surface area contributed by atoms with Crippen molar-refractivity contribution in [2.24, 2.45) is 5.73 Å². The SMILES string of the molecule is Cc1ccc(Nc2cc3c(C(C)(C)N)cnc(OC4CC(S(=O)(=O)C5CC5)C4)c3cn2)nc1C. The number of hydrogen-bond donors (Lipinski definition) is 2. The average molecular weight is 482 g/mol. The van der Waals surface area contributed by atoms with Crippen LogP contribution in [0.25, 0.3) is 10.8 Å². The van der Waals surface area contributed by atoms with Crippen molar-refractivity contribution in [3.63, 3.8) is 0 Å². The fraction of sp³-hybridized carbons (Fsp3) is 0.480. The smallest absolute Gasteiger partial charge is 0.223 e. The third kappa shape index (κ3) is 4.34. The zero-order valence-corrected chi connectivity index (χ0v) is 20.8. The predicted octanol–water partition coefficient (Wildman–Crippen LogP) is 4.07. The van der Waals surface area contributed by atoms with Gasteiger partial charge in [0, 0.05) is 36.5 Å². The number of sulfone groups is 1. The van der Waals surface area contributed by atoms with Crippen molar-refractivity contribution in [3.8, 4) is 5.88 Å². The van der Waals surface area contributed by atoms with Crippen LogP contribution in [0.4, 0.5) is 11.6 Å². The third-order valence-corrected chi connectivity index (χ3v) is 9.53. The van der Waals surface area contributed by atoms with Crippen LogP contribution < -0.4 is 15.8 Å². The molecule has 34 heavy (non-hydrogen) atoms. The number of fused-ring (bicyclic) bond motifs is 1. The van der Waals surface area contributed by atoms with Gasteiger partial charge in [0.25, 0.3) is 0 Å². The van der Waals surface area contributed by atoms with Gasteiger partial charge in [0.1, 0.15) is 17.7 Å².